The van der Waals surface area contributed by atoms with E-state index in [0.717, 1.165) is 9.13 Å². The molecule has 0 saturated carbocycles. The first-order valence-electron chi connectivity index (χ1n) is 3.69. The third-order valence-corrected chi connectivity index (χ3v) is 2.30. The van der Waals surface area contributed by atoms with Crippen LogP contribution in [-0.2, 0) is 6.54 Å². The summed E-state index contributed by atoms with van der Waals surface area (Å²) >= 11 is 2.15. The zero-order chi connectivity index (χ0) is 9.84. The van der Waals surface area contributed by atoms with Crippen LogP contribution in [0.4, 0.5) is 0 Å². The van der Waals surface area contributed by atoms with Gasteiger partial charge in [0.2, 0.25) is 0 Å². The van der Waals surface area contributed by atoms with Gasteiger partial charge in [0, 0.05) is 15.7 Å². The lowest BCUT2D eigenvalue weighted by atomic mass is 10.1. The molecule has 0 aliphatic carbocycles. The first-order chi connectivity index (χ1) is 6.22. The fourth-order valence-corrected chi connectivity index (χ4v) is 1.81. The molecule has 1 aromatic rings. The molecule has 1 rings (SSSR count). The van der Waals surface area contributed by atoms with Gasteiger partial charge in [-0.25, -0.2) is 0 Å². The number of ether oxygens (including phenoxy) is 1. The van der Waals surface area contributed by atoms with Gasteiger partial charge in [0.25, 0.3) is 0 Å². The minimum absolute atomic E-state index is 0.384. The average Bonchev–Trinajstić information content (AvgIpc) is 2.16. The predicted molar refractivity (Wildman–Crippen MR) is 58.3 cm³/mol. The molecule has 0 amide bonds. The van der Waals surface area contributed by atoms with E-state index in [0.29, 0.717) is 17.9 Å². The van der Waals surface area contributed by atoms with Gasteiger partial charge in [-0.2, -0.15) is 5.26 Å². The van der Waals surface area contributed by atoms with Gasteiger partial charge in [-0.1, -0.05) is 0 Å². The summed E-state index contributed by atoms with van der Waals surface area (Å²) in [5.41, 5.74) is 6.93. The molecule has 0 radical (unpaired) electrons. The Kier molecular flexibility index (Phi) is 3.51. The Morgan fingerprint density at radius 1 is 1.62 bits per heavy atom. The smallest absolute Gasteiger partial charge is 0.141 e. The van der Waals surface area contributed by atoms with E-state index in [-0.39, 0.29) is 0 Å². The first-order valence-corrected chi connectivity index (χ1v) is 4.77. The summed E-state index contributed by atoms with van der Waals surface area (Å²) in [6.07, 6.45) is 0. The van der Waals surface area contributed by atoms with Gasteiger partial charge in [-0.05, 0) is 34.7 Å². The SMILES string of the molecule is COc1c(C#N)cc(I)cc1CN. The highest BCUT2D eigenvalue weighted by molar-refractivity contribution is 14.1. The van der Waals surface area contributed by atoms with E-state index in [4.69, 9.17) is 15.7 Å². The number of hydrogen-bond donors (Lipinski definition) is 1. The van der Waals surface area contributed by atoms with Crippen molar-refractivity contribution in [2.24, 2.45) is 5.73 Å². The summed E-state index contributed by atoms with van der Waals surface area (Å²) in [5, 5.41) is 8.82. The third-order valence-electron chi connectivity index (χ3n) is 1.68. The second kappa shape index (κ2) is 4.44. The van der Waals surface area contributed by atoms with E-state index in [1.165, 1.54) is 0 Å². The van der Waals surface area contributed by atoms with Crippen LogP contribution in [0.3, 0.4) is 0 Å². The van der Waals surface area contributed by atoms with E-state index >= 15 is 0 Å². The average molecular weight is 288 g/mol. The van der Waals surface area contributed by atoms with Crippen molar-refractivity contribution in [1.82, 2.24) is 0 Å². The Morgan fingerprint density at radius 3 is 2.77 bits per heavy atom. The molecule has 68 valence electrons. The lowest BCUT2D eigenvalue weighted by Crippen LogP contribution is -2.02. The van der Waals surface area contributed by atoms with E-state index in [1.54, 1.807) is 13.2 Å². The normalized spacial score (nSPS) is 9.38. The second-order valence-electron chi connectivity index (χ2n) is 2.46. The summed E-state index contributed by atoms with van der Waals surface area (Å²) < 4.78 is 6.10. The van der Waals surface area contributed by atoms with Gasteiger partial charge >= 0.3 is 0 Å². The Labute approximate surface area is 90.6 Å². The summed E-state index contributed by atoms with van der Waals surface area (Å²) in [6.45, 7) is 0.384. The summed E-state index contributed by atoms with van der Waals surface area (Å²) in [5.74, 6) is 0.588. The van der Waals surface area contributed by atoms with E-state index in [2.05, 4.69) is 28.7 Å². The lowest BCUT2D eigenvalue weighted by molar-refractivity contribution is 0.408. The predicted octanol–water partition coefficient (Wildman–Crippen LogP) is 1.63. The highest BCUT2D eigenvalue weighted by Crippen LogP contribution is 2.25. The molecule has 4 heteroatoms. The van der Waals surface area contributed by atoms with Crippen LogP contribution in [-0.4, -0.2) is 7.11 Å². The van der Waals surface area contributed by atoms with Crippen LogP contribution in [0.25, 0.3) is 0 Å². The van der Waals surface area contributed by atoms with Crippen molar-refractivity contribution in [3.63, 3.8) is 0 Å². The molecule has 0 bridgehead atoms. The Balaban J connectivity index is 3.36. The zero-order valence-corrected chi connectivity index (χ0v) is 9.33. The molecule has 0 saturated heterocycles. The first kappa shape index (κ1) is 10.3. The summed E-state index contributed by atoms with van der Waals surface area (Å²) in [6, 6.07) is 5.77. The van der Waals surface area contributed by atoms with Crippen molar-refractivity contribution in [2.45, 2.75) is 6.54 Å². The Morgan fingerprint density at radius 2 is 2.31 bits per heavy atom. The quantitative estimate of drug-likeness (QED) is 0.841. The van der Waals surface area contributed by atoms with E-state index < -0.39 is 0 Å². The van der Waals surface area contributed by atoms with Crippen LogP contribution in [0.2, 0.25) is 0 Å². The number of halogens is 1. The molecule has 0 atom stereocenters. The number of nitrogens with two attached hydrogens (primary N) is 1. The topological polar surface area (TPSA) is 59.0 Å². The molecule has 1 aromatic carbocycles. The zero-order valence-electron chi connectivity index (χ0n) is 7.17. The van der Waals surface area contributed by atoms with Crippen molar-refractivity contribution >= 4 is 22.6 Å². The molecule has 2 N–H and O–H groups in total. The second-order valence-corrected chi connectivity index (χ2v) is 3.71. The van der Waals surface area contributed by atoms with Crippen LogP contribution in [0.5, 0.6) is 5.75 Å². The minimum Gasteiger partial charge on any atom is -0.495 e. The Hall–Kier alpha value is -0.800. The highest BCUT2D eigenvalue weighted by atomic mass is 127. The molecule has 0 aliphatic heterocycles. The fourth-order valence-electron chi connectivity index (χ4n) is 1.13. The van der Waals surface area contributed by atoms with E-state index in [9.17, 15) is 0 Å². The maximum absolute atomic E-state index is 8.82. The largest absolute Gasteiger partial charge is 0.495 e. The van der Waals surface area contributed by atoms with Gasteiger partial charge in [-0.3, -0.25) is 0 Å². The van der Waals surface area contributed by atoms with Gasteiger partial charge in [0.05, 0.1) is 12.7 Å². The molecule has 0 aliphatic rings. The standard InChI is InChI=1S/C9H9IN2O/c1-13-9-6(4-11)2-8(10)3-7(9)5-12/h2-3H,4,11H2,1H3. The maximum Gasteiger partial charge on any atom is 0.141 e. The number of hydrogen-bond acceptors (Lipinski definition) is 3. The monoisotopic (exact) mass is 288 g/mol. The minimum atomic E-state index is 0.384. The van der Waals surface area contributed by atoms with Crippen molar-refractivity contribution < 1.29 is 4.74 Å². The number of nitriles is 1. The summed E-state index contributed by atoms with van der Waals surface area (Å²) in [4.78, 5) is 0. The van der Waals surface area contributed by atoms with Crippen LogP contribution < -0.4 is 10.5 Å². The lowest BCUT2D eigenvalue weighted by Gasteiger charge is -2.08. The van der Waals surface area contributed by atoms with Crippen LogP contribution in [0, 0.1) is 14.9 Å². The fraction of sp³-hybridized carbons (Fsp3) is 0.222. The molecule has 3 nitrogen and oxygen atoms in total. The van der Waals surface area contributed by atoms with Crippen molar-refractivity contribution in [3.05, 3.63) is 26.8 Å². The maximum atomic E-state index is 8.82. The number of nitrogens with zero attached hydrogens (tertiary/aromatic N) is 1. The van der Waals surface area contributed by atoms with E-state index in [1.807, 2.05) is 6.07 Å². The van der Waals surface area contributed by atoms with Gasteiger partial charge in [-0.15, -0.1) is 0 Å². The molecule has 13 heavy (non-hydrogen) atoms. The van der Waals surface area contributed by atoms with Gasteiger partial charge < -0.3 is 10.5 Å². The van der Waals surface area contributed by atoms with Crippen molar-refractivity contribution in [1.29, 1.82) is 5.26 Å². The van der Waals surface area contributed by atoms with Crippen LogP contribution in [0.15, 0.2) is 12.1 Å². The highest BCUT2D eigenvalue weighted by Gasteiger charge is 2.08. The number of benzene rings is 1. The number of methoxy groups -OCH3 is 1. The molecule has 0 spiro atoms. The molecule has 0 heterocycles. The third kappa shape index (κ3) is 2.11. The molecule has 0 fully saturated rings. The van der Waals surface area contributed by atoms with Gasteiger partial charge in [0.15, 0.2) is 0 Å². The molecule has 0 unspecified atom stereocenters. The van der Waals surface area contributed by atoms with Gasteiger partial charge in [0.1, 0.15) is 11.8 Å². The van der Waals surface area contributed by atoms with Crippen molar-refractivity contribution in [2.75, 3.05) is 7.11 Å². The number of rotatable bonds is 2. The Bertz CT molecular complexity index is 357. The molecular weight excluding hydrogens is 279 g/mol. The molecular formula is C9H9IN2O. The van der Waals surface area contributed by atoms with Crippen LogP contribution >= 0.6 is 22.6 Å². The van der Waals surface area contributed by atoms with Crippen molar-refractivity contribution in [3.8, 4) is 11.8 Å². The molecule has 0 aromatic heterocycles. The summed E-state index contributed by atoms with van der Waals surface area (Å²) in [7, 11) is 1.54. The van der Waals surface area contributed by atoms with Crippen LogP contribution in [0.1, 0.15) is 11.1 Å².